The van der Waals surface area contributed by atoms with Crippen LogP contribution in [0, 0.1) is 5.82 Å². The largest absolute Gasteiger partial charge is 0.493 e. The molecule has 0 bridgehead atoms. The van der Waals surface area contributed by atoms with E-state index < -0.39 is 0 Å². The van der Waals surface area contributed by atoms with Crippen LogP contribution in [0.1, 0.15) is 0 Å². The summed E-state index contributed by atoms with van der Waals surface area (Å²) in [6.45, 7) is 0. The van der Waals surface area contributed by atoms with E-state index in [4.69, 9.17) is 14.2 Å². The van der Waals surface area contributed by atoms with Crippen LogP contribution in [0.15, 0.2) is 36.7 Å². The van der Waals surface area contributed by atoms with Gasteiger partial charge in [-0.25, -0.2) is 14.4 Å². The van der Waals surface area contributed by atoms with Crippen molar-refractivity contribution in [3.05, 3.63) is 42.5 Å². The molecule has 1 heterocycles. The normalized spacial score (nSPS) is 10.5. The van der Waals surface area contributed by atoms with Gasteiger partial charge in [-0.15, -0.1) is 0 Å². The first-order chi connectivity index (χ1) is 11.7. The van der Waals surface area contributed by atoms with Crippen molar-refractivity contribution in [1.82, 2.24) is 9.97 Å². The zero-order chi connectivity index (χ0) is 17.1. The highest BCUT2D eigenvalue weighted by Crippen LogP contribution is 2.40. The van der Waals surface area contributed by atoms with Crippen molar-refractivity contribution in [2.24, 2.45) is 0 Å². The van der Waals surface area contributed by atoms with Gasteiger partial charge >= 0.3 is 0 Å². The maximum Gasteiger partial charge on any atom is 0.203 e. The standard InChI is InChI=1S/C17H16FN3O3/c1-22-14-7-11(8-15(23-2)16(14)24-3)21-17-12-6-10(18)4-5-13(12)19-9-20-17/h4-9H,1-3H3,(H,19,20,21). The summed E-state index contributed by atoms with van der Waals surface area (Å²) in [7, 11) is 4.61. The Morgan fingerprint density at radius 2 is 1.62 bits per heavy atom. The van der Waals surface area contributed by atoms with Gasteiger partial charge in [-0.1, -0.05) is 0 Å². The molecule has 1 N–H and O–H groups in total. The van der Waals surface area contributed by atoms with Crippen molar-refractivity contribution in [3.63, 3.8) is 0 Å². The first kappa shape index (κ1) is 15.8. The number of rotatable bonds is 5. The van der Waals surface area contributed by atoms with E-state index in [0.717, 1.165) is 0 Å². The number of fused-ring (bicyclic) bond motifs is 1. The molecule has 0 aliphatic carbocycles. The number of ether oxygens (including phenoxy) is 3. The van der Waals surface area contributed by atoms with Gasteiger partial charge in [0.1, 0.15) is 18.0 Å². The second-order valence-electron chi connectivity index (χ2n) is 4.92. The molecule has 0 unspecified atom stereocenters. The molecule has 24 heavy (non-hydrogen) atoms. The van der Waals surface area contributed by atoms with Gasteiger partial charge in [0, 0.05) is 23.2 Å². The Morgan fingerprint density at radius 1 is 0.917 bits per heavy atom. The molecule has 7 heteroatoms. The fourth-order valence-electron chi connectivity index (χ4n) is 2.42. The fourth-order valence-corrected chi connectivity index (χ4v) is 2.42. The lowest BCUT2D eigenvalue weighted by Crippen LogP contribution is -2.00. The van der Waals surface area contributed by atoms with Gasteiger partial charge in [-0.3, -0.25) is 0 Å². The second-order valence-corrected chi connectivity index (χ2v) is 4.92. The molecule has 6 nitrogen and oxygen atoms in total. The summed E-state index contributed by atoms with van der Waals surface area (Å²) in [6.07, 6.45) is 1.42. The molecule has 0 saturated heterocycles. The van der Waals surface area contributed by atoms with Crippen LogP contribution in [0.5, 0.6) is 17.2 Å². The summed E-state index contributed by atoms with van der Waals surface area (Å²) in [5, 5.41) is 3.72. The van der Waals surface area contributed by atoms with Crippen LogP contribution < -0.4 is 19.5 Å². The van der Waals surface area contributed by atoms with Gasteiger partial charge in [-0.2, -0.15) is 0 Å². The van der Waals surface area contributed by atoms with Crippen molar-refractivity contribution >= 4 is 22.4 Å². The Bertz CT molecular complexity index is 861. The van der Waals surface area contributed by atoms with Crippen LogP contribution in [0.3, 0.4) is 0 Å². The molecular weight excluding hydrogens is 313 g/mol. The predicted octanol–water partition coefficient (Wildman–Crippen LogP) is 3.54. The number of nitrogens with one attached hydrogen (secondary N) is 1. The zero-order valence-corrected chi connectivity index (χ0v) is 13.5. The molecule has 0 spiro atoms. The number of hydrogen-bond donors (Lipinski definition) is 1. The summed E-state index contributed by atoms with van der Waals surface area (Å²) in [6, 6.07) is 7.84. The van der Waals surface area contributed by atoms with Crippen LogP contribution >= 0.6 is 0 Å². The Kier molecular flexibility index (Phi) is 4.33. The summed E-state index contributed by atoms with van der Waals surface area (Å²) >= 11 is 0. The topological polar surface area (TPSA) is 65.5 Å². The Balaban J connectivity index is 2.07. The third-order valence-electron chi connectivity index (χ3n) is 3.52. The third kappa shape index (κ3) is 2.88. The lowest BCUT2D eigenvalue weighted by Gasteiger charge is -2.15. The minimum atomic E-state index is -0.356. The highest BCUT2D eigenvalue weighted by molar-refractivity contribution is 5.90. The molecule has 124 valence electrons. The van der Waals surface area contributed by atoms with Crippen LogP contribution in [0.2, 0.25) is 0 Å². The lowest BCUT2D eigenvalue weighted by atomic mass is 10.2. The predicted molar refractivity (Wildman–Crippen MR) is 88.9 cm³/mol. The molecular formula is C17H16FN3O3. The van der Waals surface area contributed by atoms with Crippen LogP contribution in [-0.2, 0) is 0 Å². The van der Waals surface area contributed by atoms with E-state index >= 15 is 0 Å². The maximum absolute atomic E-state index is 13.6. The molecule has 3 aromatic rings. The van der Waals surface area contributed by atoms with Gasteiger partial charge < -0.3 is 19.5 Å². The molecule has 0 aliphatic heterocycles. The smallest absolute Gasteiger partial charge is 0.203 e. The number of anilines is 2. The van der Waals surface area contributed by atoms with Gasteiger partial charge in [-0.05, 0) is 18.2 Å². The summed E-state index contributed by atoms with van der Waals surface area (Å²) < 4.78 is 29.5. The molecule has 0 aliphatic rings. The zero-order valence-electron chi connectivity index (χ0n) is 13.5. The number of methoxy groups -OCH3 is 3. The highest BCUT2D eigenvalue weighted by Gasteiger charge is 2.14. The average molecular weight is 329 g/mol. The monoisotopic (exact) mass is 329 g/mol. The van der Waals surface area contributed by atoms with Crippen LogP contribution in [0.25, 0.3) is 10.9 Å². The van der Waals surface area contributed by atoms with E-state index in [2.05, 4.69) is 15.3 Å². The summed E-state index contributed by atoms with van der Waals surface area (Å²) in [5.41, 5.74) is 1.30. The Labute approximate surface area is 138 Å². The van der Waals surface area contributed by atoms with E-state index in [1.165, 1.54) is 39.8 Å². The molecule has 0 radical (unpaired) electrons. The average Bonchev–Trinajstić information content (AvgIpc) is 2.61. The minimum Gasteiger partial charge on any atom is -0.493 e. The Morgan fingerprint density at radius 3 is 2.25 bits per heavy atom. The number of halogens is 1. The molecule has 0 fully saturated rings. The van der Waals surface area contributed by atoms with Crippen molar-refractivity contribution in [2.45, 2.75) is 0 Å². The number of nitrogens with zero attached hydrogens (tertiary/aromatic N) is 2. The third-order valence-corrected chi connectivity index (χ3v) is 3.52. The van der Waals surface area contributed by atoms with Crippen LogP contribution in [0.4, 0.5) is 15.9 Å². The van der Waals surface area contributed by atoms with Gasteiger partial charge in [0.15, 0.2) is 11.5 Å². The molecule has 2 aromatic carbocycles. The van der Waals surface area contributed by atoms with E-state index in [0.29, 0.717) is 39.7 Å². The highest BCUT2D eigenvalue weighted by atomic mass is 19.1. The SMILES string of the molecule is COc1cc(Nc2ncnc3ccc(F)cc23)cc(OC)c1OC. The van der Waals surface area contributed by atoms with Crippen LogP contribution in [-0.4, -0.2) is 31.3 Å². The Hall–Kier alpha value is -3.09. The molecule has 0 amide bonds. The van der Waals surface area contributed by atoms with Gasteiger partial charge in [0.25, 0.3) is 0 Å². The minimum absolute atomic E-state index is 0.356. The maximum atomic E-state index is 13.6. The van der Waals surface area contributed by atoms with E-state index in [1.54, 1.807) is 18.2 Å². The molecule has 0 atom stereocenters. The van der Waals surface area contributed by atoms with Gasteiger partial charge in [0.05, 0.1) is 26.8 Å². The first-order valence-corrected chi connectivity index (χ1v) is 7.13. The van der Waals surface area contributed by atoms with Crippen molar-refractivity contribution in [2.75, 3.05) is 26.6 Å². The molecule has 3 rings (SSSR count). The van der Waals surface area contributed by atoms with Gasteiger partial charge in [0.2, 0.25) is 5.75 Å². The van der Waals surface area contributed by atoms with Crippen molar-refractivity contribution in [1.29, 1.82) is 0 Å². The first-order valence-electron chi connectivity index (χ1n) is 7.13. The quantitative estimate of drug-likeness (QED) is 0.772. The summed E-state index contributed by atoms with van der Waals surface area (Å²) in [4.78, 5) is 8.33. The van der Waals surface area contributed by atoms with E-state index in [-0.39, 0.29) is 5.82 Å². The second kappa shape index (κ2) is 6.57. The number of benzene rings is 2. The summed E-state index contributed by atoms with van der Waals surface area (Å²) in [5.74, 6) is 1.62. The molecule has 0 saturated carbocycles. The molecule has 1 aromatic heterocycles. The van der Waals surface area contributed by atoms with E-state index in [9.17, 15) is 4.39 Å². The number of aromatic nitrogens is 2. The fraction of sp³-hybridized carbons (Fsp3) is 0.176. The lowest BCUT2D eigenvalue weighted by molar-refractivity contribution is 0.324. The van der Waals surface area contributed by atoms with Crippen molar-refractivity contribution < 1.29 is 18.6 Å². The van der Waals surface area contributed by atoms with Crippen molar-refractivity contribution in [3.8, 4) is 17.2 Å². The number of hydrogen-bond acceptors (Lipinski definition) is 6. The van der Waals surface area contributed by atoms with E-state index in [1.807, 2.05) is 0 Å².